The van der Waals surface area contributed by atoms with Gasteiger partial charge in [-0.1, -0.05) is 11.3 Å². The first-order valence-corrected chi connectivity index (χ1v) is 9.09. The van der Waals surface area contributed by atoms with E-state index in [9.17, 15) is 10.1 Å². The lowest BCUT2D eigenvalue weighted by atomic mass is 9.80. The molecule has 0 bridgehead atoms. The van der Waals surface area contributed by atoms with Crippen LogP contribution in [0.15, 0.2) is 24.4 Å². The fourth-order valence-corrected chi connectivity index (χ4v) is 4.53. The van der Waals surface area contributed by atoms with Crippen LogP contribution in [0, 0.1) is 10.1 Å². The number of hydrogen-bond donors (Lipinski definition) is 2. The number of rotatable bonds is 4. The summed E-state index contributed by atoms with van der Waals surface area (Å²) in [7, 11) is 0. The molecule has 25 heavy (non-hydrogen) atoms. The highest BCUT2D eigenvalue weighted by Gasteiger charge is 2.37. The largest absolute Gasteiger partial charge is 0.351 e. The van der Waals surface area contributed by atoms with Crippen molar-refractivity contribution in [2.75, 3.05) is 5.32 Å². The molecule has 0 aliphatic carbocycles. The Kier molecular flexibility index (Phi) is 4.51. The van der Waals surface area contributed by atoms with Crippen LogP contribution < -0.4 is 10.6 Å². The van der Waals surface area contributed by atoms with Crippen molar-refractivity contribution < 1.29 is 4.92 Å². The second-order valence-corrected chi connectivity index (χ2v) is 8.86. The molecule has 1 saturated heterocycles. The van der Waals surface area contributed by atoms with E-state index >= 15 is 0 Å². The maximum atomic E-state index is 10.9. The lowest BCUT2D eigenvalue weighted by Gasteiger charge is -2.46. The van der Waals surface area contributed by atoms with Gasteiger partial charge in [0.1, 0.15) is 0 Å². The summed E-state index contributed by atoms with van der Waals surface area (Å²) in [4.78, 5) is 20.1. The molecule has 8 heteroatoms. The van der Waals surface area contributed by atoms with Gasteiger partial charge in [0, 0.05) is 29.4 Å². The molecule has 2 aromatic rings. The highest BCUT2D eigenvalue weighted by Crippen LogP contribution is 2.33. The standard InChI is InChI=1S/C17H23N5O2S/c1-16(2)9-11(10-17(3,4)21-16)19-15-18-8-7-12(20-15)13-5-6-14(25-13)22(23)24/h5-8,11,21H,9-10H2,1-4H3,(H,18,19,20). The minimum Gasteiger partial charge on any atom is -0.351 e. The topological polar surface area (TPSA) is 93.0 Å². The van der Waals surface area contributed by atoms with Crippen LogP contribution in [0.25, 0.3) is 10.6 Å². The van der Waals surface area contributed by atoms with E-state index in [4.69, 9.17) is 0 Å². The summed E-state index contributed by atoms with van der Waals surface area (Å²) in [6, 6.07) is 5.27. The Hall–Kier alpha value is -2.06. The molecule has 0 amide bonds. The van der Waals surface area contributed by atoms with Gasteiger partial charge in [-0.2, -0.15) is 0 Å². The van der Waals surface area contributed by atoms with Crippen LogP contribution in [-0.4, -0.2) is 32.0 Å². The Bertz CT molecular complexity index is 771. The van der Waals surface area contributed by atoms with Crippen LogP contribution in [0.5, 0.6) is 0 Å². The Morgan fingerprint density at radius 2 is 1.92 bits per heavy atom. The van der Waals surface area contributed by atoms with Gasteiger partial charge in [-0.05, 0) is 52.7 Å². The molecule has 134 valence electrons. The molecule has 0 atom stereocenters. The smallest absolute Gasteiger partial charge is 0.324 e. The summed E-state index contributed by atoms with van der Waals surface area (Å²) in [6.45, 7) is 8.80. The van der Waals surface area contributed by atoms with Gasteiger partial charge in [0.05, 0.1) is 15.5 Å². The number of hydrogen-bond acceptors (Lipinski definition) is 7. The number of anilines is 1. The quantitative estimate of drug-likeness (QED) is 0.635. The third-order valence-corrected chi connectivity index (χ3v) is 5.26. The molecule has 1 fully saturated rings. The molecule has 0 spiro atoms. The van der Waals surface area contributed by atoms with Gasteiger partial charge in [0.15, 0.2) is 0 Å². The van der Waals surface area contributed by atoms with E-state index in [2.05, 4.69) is 48.3 Å². The molecular formula is C17H23N5O2S. The van der Waals surface area contributed by atoms with Crippen molar-refractivity contribution in [3.8, 4) is 10.6 Å². The summed E-state index contributed by atoms with van der Waals surface area (Å²) < 4.78 is 0. The first kappa shape index (κ1) is 17.8. The number of nitrogens with one attached hydrogen (secondary N) is 2. The number of nitrogens with zero attached hydrogens (tertiary/aromatic N) is 3. The van der Waals surface area contributed by atoms with Crippen LogP contribution in [0.1, 0.15) is 40.5 Å². The van der Waals surface area contributed by atoms with Gasteiger partial charge in [-0.15, -0.1) is 0 Å². The zero-order valence-corrected chi connectivity index (χ0v) is 15.7. The minimum absolute atomic E-state index is 0.0331. The van der Waals surface area contributed by atoms with Crippen molar-refractivity contribution in [3.05, 3.63) is 34.5 Å². The Balaban J connectivity index is 1.78. The van der Waals surface area contributed by atoms with Crippen LogP contribution in [0.4, 0.5) is 10.9 Å². The van der Waals surface area contributed by atoms with Gasteiger partial charge in [-0.25, -0.2) is 9.97 Å². The highest BCUT2D eigenvalue weighted by molar-refractivity contribution is 7.18. The Morgan fingerprint density at radius 1 is 1.24 bits per heavy atom. The molecule has 2 aromatic heterocycles. The molecule has 1 aliphatic rings. The van der Waals surface area contributed by atoms with E-state index in [0.29, 0.717) is 11.6 Å². The average Bonchev–Trinajstić information content (AvgIpc) is 2.94. The normalized spacial score (nSPS) is 19.5. The lowest BCUT2D eigenvalue weighted by Crippen LogP contribution is -2.60. The van der Waals surface area contributed by atoms with Gasteiger partial charge in [0.2, 0.25) is 5.95 Å². The van der Waals surface area contributed by atoms with Gasteiger partial charge in [-0.3, -0.25) is 10.1 Å². The SMILES string of the molecule is CC1(C)CC(Nc2nccc(-c3ccc([N+](=O)[O-])s3)n2)CC(C)(C)N1. The van der Waals surface area contributed by atoms with Crippen LogP contribution in [0.3, 0.4) is 0 Å². The lowest BCUT2D eigenvalue weighted by molar-refractivity contribution is -0.380. The second kappa shape index (κ2) is 6.34. The van der Waals surface area contributed by atoms with Crippen molar-refractivity contribution >= 4 is 22.3 Å². The molecule has 2 N–H and O–H groups in total. The Morgan fingerprint density at radius 3 is 2.52 bits per heavy atom. The van der Waals surface area contributed by atoms with Crippen LogP contribution in [0.2, 0.25) is 0 Å². The zero-order chi connectivity index (χ0) is 18.2. The molecule has 3 heterocycles. The van der Waals surface area contributed by atoms with Crippen molar-refractivity contribution in [2.45, 2.75) is 57.7 Å². The third kappa shape index (κ3) is 4.32. The van der Waals surface area contributed by atoms with E-state index in [0.717, 1.165) is 29.1 Å². The van der Waals surface area contributed by atoms with E-state index < -0.39 is 0 Å². The minimum atomic E-state index is -0.381. The molecular weight excluding hydrogens is 338 g/mol. The molecule has 0 aromatic carbocycles. The van der Waals surface area contributed by atoms with Crippen molar-refractivity contribution in [3.63, 3.8) is 0 Å². The molecule has 0 radical (unpaired) electrons. The molecule has 0 saturated carbocycles. The summed E-state index contributed by atoms with van der Waals surface area (Å²) in [5.41, 5.74) is 0.764. The number of aromatic nitrogens is 2. The van der Waals surface area contributed by atoms with Gasteiger partial charge in [0.25, 0.3) is 0 Å². The number of nitro groups is 1. The molecule has 7 nitrogen and oxygen atoms in total. The summed E-state index contributed by atoms with van der Waals surface area (Å²) in [5.74, 6) is 0.562. The fourth-order valence-electron chi connectivity index (χ4n) is 3.74. The first-order valence-electron chi connectivity index (χ1n) is 8.27. The average molecular weight is 361 g/mol. The fraction of sp³-hybridized carbons (Fsp3) is 0.529. The van der Waals surface area contributed by atoms with E-state index in [-0.39, 0.29) is 27.0 Å². The summed E-state index contributed by atoms with van der Waals surface area (Å²) in [5, 5.41) is 18.1. The van der Waals surface area contributed by atoms with Crippen LogP contribution in [-0.2, 0) is 0 Å². The molecule has 3 rings (SSSR count). The predicted octanol–water partition coefficient (Wildman–Crippen LogP) is 3.83. The summed E-state index contributed by atoms with van der Waals surface area (Å²) in [6.07, 6.45) is 3.62. The van der Waals surface area contributed by atoms with Gasteiger partial charge >= 0.3 is 5.00 Å². The second-order valence-electron chi connectivity index (χ2n) is 7.80. The van der Waals surface area contributed by atoms with Crippen molar-refractivity contribution in [1.29, 1.82) is 0 Å². The van der Waals surface area contributed by atoms with Gasteiger partial charge < -0.3 is 10.6 Å². The van der Waals surface area contributed by atoms with Crippen LogP contribution >= 0.6 is 11.3 Å². The monoisotopic (exact) mass is 361 g/mol. The van der Waals surface area contributed by atoms with E-state index in [1.807, 2.05) is 0 Å². The third-order valence-electron chi connectivity index (χ3n) is 4.20. The first-order chi connectivity index (χ1) is 11.6. The Labute approximate surface area is 151 Å². The number of piperidine rings is 1. The number of thiophene rings is 1. The van der Waals surface area contributed by atoms with Crippen molar-refractivity contribution in [2.24, 2.45) is 0 Å². The highest BCUT2D eigenvalue weighted by atomic mass is 32.1. The van der Waals surface area contributed by atoms with E-state index in [1.54, 1.807) is 18.3 Å². The predicted molar refractivity (Wildman–Crippen MR) is 99.9 cm³/mol. The zero-order valence-electron chi connectivity index (χ0n) is 14.9. The van der Waals surface area contributed by atoms with Crippen molar-refractivity contribution in [1.82, 2.24) is 15.3 Å². The maximum absolute atomic E-state index is 10.9. The molecule has 0 unspecified atom stereocenters. The van der Waals surface area contributed by atoms with E-state index in [1.165, 1.54) is 6.07 Å². The summed E-state index contributed by atoms with van der Waals surface area (Å²) >= 11 is 1.12. The maximum Gasteiger partial charge on any atom is 0.324 e. The molecule has 1 aliphatic heterocycles.